The molecule has 0 spiro atoms. The van der Waals surface area contributed by atoms with Crippen LogP contribution in [0.15, 0.2) is 42.5 Å². The van der Waals surface area contributed by atoms with E-state index in [9.17, 15) is 0 Å². The van der Waals surface area contributed by atoms with Crippen LogP contribution in [-0.2, 0) is 13.0 Å². The fourth-order valence-electron chi connectivity index (χ4n) is 2.89. The highest BCUT2D eigenvalue weighted by Crippen LogP contribution is 2.31. The maximum absolute atomic E-state index is 6.19. The average Bonchev–Trinajstić information content (AvgIpc) is 2.54. The van der Waals surface area contributed by atoms with Gasteiger partial charge in [0.15, 0.2) is 0 Å². The predicted molar refractivity (Wildman–Crippen MR) is 83.6 cm³/mol. The SMILES string of the molecule is COc1ccccc1COc1ccc2c(c1)[C@@H](N)CCC2. The van der Waals surface area contributed by atoms with Crippen LogP contribution in [0.4, 0.5) is 0 Å². The molecule has 1 aliphatic rings. The van der Waals surface area contributed by atoms with Gasteiger partial charge in [-0.1, -0.05) is 24.3 Å². The van der Waals surface area contributed by atoms with Gasteiger partial charge in [-0.2, -0.15) is 0 Å². The van der Waals surface area contributed by atoms with Crippen LogP contribution < -0.4 is 15.2 Å². The zero-order valence-corrected chi connectivity index (χ0v) is 12.3. The monoisotopic (exact) mass is 283 g/mol. The van der Waals surface area contributed by atoms with Crippen molar-refractivity contribution in [3.8, 4) is 11.5 Å². The Morgan fingerprint density at radius 1 is 1.19 bits per heavy atom. The van der Waals surface area contributed by atoms with Crippen molar-refractivity contribution >= 4 is 0 Å². The average molecular weight is 283 g/mol. The normalized spacial score (nSPS) is 17.1. The molecule has 0 unspecified atom stereocenters. The summed E-state index contributed by atoms with van der Waals surface area (Å²) in [5.74, 6) is 1.73. The summed E-state index contributed by atoms with van der Waals surface area (Å²) < 4.78 is 11.3. The molecule has 0 fully saturated rings. The summed E-state index contributed by atoms with van der Waals surface area (Å²) in [5.41, 5.74) is 9.83. The molecule has 21 heavy (non-hydrogen) atoms. The van der Waals surface area contributed by atoms with Gasteiger partial charge < -0.3 is 15.2 Å². The lowest BCUT2D eigenvalue weighted by molar-refractivity contribution is 0.296. The highest BCUT2D eigenvalue weighted by Gasteiger charge is 2.17. The van der Waals surface area contributed by atoms with E-state index in [1.165, 1.54) is 17.5 Å². The number of benzene rings is 2. The lowest BCUT2D eigenvalue weighted by Crippen LogP contribution is -2.17. The maximum atomic E-state index is 6.19. The van der Waals surface area contributed by atoms with Crippen LogP contribution >= 0.6 is 0 Å². The molecule has 2 aromatic carbocycles. The maximum Gasteiger partial charge on any atom is 0.125 e. The third-order valence-corrected chi connectivity index (χ3v) is 4.06. The third kappa shape index (κ3) is 3.03. The fourth-order valence-corrected chi connectivity index (χ4v) is 2.89. The minimum Gasteiger partial charge on any atom is -0.496 e. The van der Waals surface area contributed by atoms with E-state index in [0.717, 1.165) is 29.9 Å². The molecule has 110 valence electrons. The standard InChI is InChI=1S/C18H21NO2/c1-20-18-8-3-2-5-14(18)12-21-15-10-9-13-6-4-7-17(19)16(13)11-15/h2-3,5,8-11,17H,4,6-7,12,19H2,1H3/t17-/m0/s1. The number of hydrogen-bond donors (Lipinski definition) is 1. The van der Waals surface area contributed by atoms with E-state index in [4.69, 9.17) is 15.2 Å². The number of para-hydroxylation sites is 1. The molecule has 2 N–H and O–H groups in total. The first-order valence-electron chi connectivity index (χ1n) is 7.41. The molecule has 0 amide bonds. The number of rotatable bonds is 4. The molecule has 3 rings (SSSR count). The van der Waals surface area contributed by atoms with E-state index in [1.807, 2.05) is 30.3 Å². The first-order valence-corrected chi connectivity index (χ1v) is 7.41. The van der Waals surface area contributed by atoms with Crippen molar-refractivity contribution in [3.05, 3.63) is 59.2 Å². The predicted octanol–water partition coefficient (Wildman–Crippen LogP) is 3.61. The molecule has 0 heterocycles. The molecule has 3 nitrogen and oxygen atoms in total. The molecule has 0 radical (unpaired) electrons. The third-order valence-electron chi connectivity index (χ3n) is 4.06. The van der Waals surface area contributed by atoms with Crippen molar-refractivity contribution in [2.75, 3.05) is 7.11 Å². The Morgan fingerprint density at radius 3 is 2.90 bits per heavy atom. The van der Waals surface area contributed by atoms with E-state index in [1.54, 1.807) is 7.11 Å². The number of methoxy groups -OCH3 is 1. The summed E-state index contributed by atoms with van der Waals surface area (Å²) in [4.78, 5) is 0. The Balaban J connectivity index is 1.75. The zero-order chi connectivity index (χ0) is 14.7. The largest absolute Gasteiger partial charge is 0.496 e. The second kappa shape index (κ2) is 6.19. The van der Waals surface area contributed by atoms with Crippen LogP contribution in [0.2, 0.25) is 0 Å². The number of ether oxygens (including phenoxy) is 2. The van der Waals surface area contributed by atoms with Gasteiger partial charge in [0, 0.05) is 11.6 Å². The van der Waals surface area contributed by atoms with Crippen molar-refractivity contribution in [1.29, 1.82) is 0 Å². The molecule has 0 saturated heterocycles. The molecule has 1 aliphatic carbocycles. The first kappa shape index (κ1) is 14.0. The minimum absolute atomic E-state index is 0.142. The van der Waals surface area contributed by atoms with Gasteiger partial charge in [0.25, 0.3) is 0 Å². The molecular weight excluding hydrogens is 262 g/mol. The van der Waals surface area contributed by atoms with Gasteiger partial charge >= 0.3 is 0 Å². The number of fused-ring (bicyclic) bond motifs is 1. The van der Waals surface area contributed by atoms with Crippen LogP contribution in [0, 0.1) is 0 Å². The second-order valence-corrected chi connectivity index (χ2v) is 5.46. The van der Waals surface area contributed by atoms with Gasteiger partial charge in [0.05, 0.1) is 7.11 Å². The molecule has 3 heteroatoms. The zero-order valence-electron chi connectivity index (χ0n) is 12.3. The van der Waals surface area contributed by atoms with Gasteiger partial charge in [-0.3, -0.25) is 0 Å². The Kier molecular flexibility index (Phi) is 4.11. The summed E-state index contributed by atoms with van der Waals surface area (Å²) >= 11 is 0. The Labute approximate surface area is 125 Å². The molecule has 1 atom stereocenters. The number of hydrogen-bond acceptors (Lipinski definition) is 3. The van der Waals surface area contributed by atoms with Crippen molar-refractivity contribution in [2.24, 2.45) is 5.73 Å². The van der Waals surface area contributed by atoms with Crippen molar-refractivity contribution in [2.45, 2.75) is 31.9 Å². The molecule has 0 saturated carbocycles. The van der Waals surface area contributed by atoms with E-state index < -0.39 is 0 Å². The van der Waals surface area contributed by atoms with Crippen molar-refractivity contribution in [3.63, 3.8) is 0 Å². The molecule has 0 aliphatic heterocycles. The highest BCUT2D eigenvalue weighted by molar-refractivity contribution is 5.39. The second-order valence-electron chi connectivity index (χ2n) is 5.46. The molecular formula is C18H21NO2. The Hall–Kier alpha value is -2.00. The van der Waals surface area contributed by atoms with Gasteiger partial charge in [-0.05, 0) is 48.6 Å². The first-order chi connectivity index (χ1) is 10.3. The molecule has 0 aromatic heterocycles. The smallest absolute Gasteiger partial charge is 0.125 e. The summed E-state index contributed by atoms with van der Waals surface area (Å²) in [6.07, 6.45) is 3.36. The van der Waals surface area contributed by atoms with Crippen LogP contribution in [0.25, 0.3) is 0 Å². The topological polar surface area (TPSA) is 44.5 Å². The minimum atomic E-state index is 0.142. The van der Waals surface area contributed by atoms with E-state index >= 15 is 0 Å². The van der Waals surface area contributed by atoms with Crippen molar-refractivity contribution in [1.82, 2.24) is 0 Å². The molecule has 0 bridgehead atoms. The van der Waals surface area contributed by atoms with Crippen molar-refractivity contribution < 1.29 is 9.47 Å². The summed E-state index contributed by atoms with van der Waals surface area (Å²) in [5, 5.41) is 0. The quantitative estimate of drug-likeness (QED) is 0.932. The van der Waals surface area contributed by atoms with Gasteiger partial charge in [0.2, 0.25) is 0 Å². The van der Waals surface area contributed by atoms with E-state index in [0.29, 0.717) is 6.61 Å². The number of nitrogens with two attached hydrogens (primary N) is 1. The fraction of sp³-hybridized carbons (Fsp3) is 0.333. The van der Waals surface area contributed by atoms with Crippen LogP contribution in [0.5, 0.6) is 11.5 Å². The highest BCUT2D eigenvalue weighted by atomic mass is 16.5. The van der Waals surface area contributed by atoms with Crippen LogP contribution in [0.1, 0.15) is 35.6 Å². The van der Waals surface area contributed by atoms with E-state index in [-0.39, 0.29) is 6.04 Å². The van der Waals surface area contributed by atoms with Crippen LogP contribution in [-0.4, -0.2) is 7.11 Å². The summed E-state index contributed by atoms with van der Waals surface area (Å²) in [6.45, 7) is 0.498. The summed E-state index contributed by atoms with van der Waals surface area (Å²) in [6, 6.07) is 14.3. The lowest BCUT2D eigenvalue weighted by atomic mass is 9.88. The Morgan fingerprint density at radius 2 is 2.05 bits per heavy atom. The van der Waals surface area contributed by atoms with E-state index in [2.05, 4.69) is 12.1 Å². The Bertz CT molecular complexity index is 624. The summed E-state index contributed by atoms with van der Waals surface area (Å²) in [7, 11) is 1.68. The van der Waals surface area contributed by atoms with Gasteiger partial charge in [-0.15, -0.1) is 0 Å². The van der Waals surface area contributed by atoms with Crippen LogP contribution in [0.3, 0.4) is 0 Å². The molecule has 2 aromatic rings. The number of aryl methyl sites for hydroxylation is 1. The van der Waals surface area contributed by atoms with Gasteiger partial charge in [-0.25, -0.2) is 0 Å². The van der Waals surface area contributed by atoms with Gasteiger partial charge in [0.1, 0.15) is 18.1 Å². The lowest BCUT2D eigenvalue weighted by Gasteiger charge is -2.23.